The van der Waals surface area contributed by atoms with Gasteiger partial charge >= 0.3 is 0 Å². The minimum atomic E-state index is 0.649. The van der Waals surface area contributed by atoms with Crippen molar-refractivity contribution >= 4 is 11.6 Å². The van der Waals surface area contributed by atoms with E-state index in [1.54, 1.807) is 0 Å². The lowest BCUT2D eigenvalue weighted by Gasteiger charge is -2.30. The Hall–Kier alpha value is -1.19. The molecule has 1 aromatic heterocycles. The highest BCUT2D eigenvalue weighted by Crippen LogP contribution is 2.42. The highest BCUT2D eigenvalue weighted by Gasteiger charge is 2.33. The number of rotatable bonds is 1. The minimum Gasteiger partial charge on any atom is -0.370 e. The second-order valence-electron chi connectivity index (χ2n) is 5.98. The molecule has 0 spiro atoms. The Bertz CT molecular complexity index is 445. The fourth-order valence-corrected chi connectivity index (χ4v) is 3.99. The summed E-state index contributed by atoms with van der Waals surface area (Å²) in [4.78, 5) is 0. The number of aromatic nitrogens is 2. The quantitative estimate of drug-likeness (QED) is 0.800. The van der Waals surface area contributed by atoms with Gasteiger partial charge < -0.3 is 10.6 Å². The van der Waals surface area contributed by atoms with Gasteiger partial charge in [-0.2, -0.15) is 5.10 Å². The molecule has 0 aromatic carbocycles. The standard InChI is InChI=1S/C14H22N4/c1-2-5-10(4-1)12-7-9-16-14-11-6-3-8-15-13(11)17-18(12)14/h10,12,16H,1-9H2,(H,15,17). The van der Waals surface area contributed by atoms with Crippen LogP contribution in [0.2, 0.25) is 0 Å². The third-order valence-electron chi connectivity index (χ3n) is 4.90. The van der Waals surface area contributed by atoms with Crippen LogP contribution in [0.3, 0.4) is 0 Å². The van der Waals surface area contributed by atoms with Crippen molar-refractivity contribution < 1.29 is 0 Å². The number of fused-ring (bicyclic) bond motifs is 3. The first-order valence-corrected chi connectivity index (χ1v) is 7.52. The van der Waals surface area contributed by atoms with Crippen LogP contribution in [0.25, 0.3) is 0 Å². The van der Waals surface area contributed by atoms with Gasteiger partial charge in [-0.25, -0.2) is 4.68 Å². The number of anilines is 2. The molecule has 1 aromatic rings. The van der Waals surface area contributed by atoms with Gasteiger partial charge in [0.1, 0.15) is 5.82 Å². The molecule has 2 aliphatic heterocycles. The van der Waals surface area contributed by atoms with Crippen molar-refractivity contribution in [1.82, 2.24) is 9.78 Å². The second-order valence-corrected chi connectivity index (χ2v) is 5.98. The first-order valence-electron chi connectivity index (χ1n) is 7.52. The lowest BCUT2D eigenvalue weighted by atomic mass is 9.94. The molecule has 98 valence electrons. The molecule has 1 aliphatic carbocycles. The summed E-state index contributed by atoms with van der Waals surface area (Å²) >= 11 is 0. The fourth-order valence-electron chi connectivity index (χ4n) is 3.99. The summed E-state index contributed by atoms with van der Waals surface area (Å²) in [5, 5.41) is 11.9. The maximum absolute atomic E-state index is 4.86. The van der Waals surface area contributed by atoms with Crippen LogP contribution in [0.1, 0.15) is 50.1 Å². The van der Waals surface area contributed by atoms with Crippen molar-refractivity contribution in [2.24, 2.45) is 5.92 Å². The van der Waals surface area contributed by atoms with Gasteiger partial charge in [-0.05, 0) is 38.0 Å². The monoisotopic (exact) mass is 246 g/mol. The average Bonchev–Trinajstić information content (AvgIpc) is 3.05. The molecule has 1 unspecified atom stereocenters. The van der Waals surface area contributed by atoms with Crippen LogP contribution >= 0.6 is 0 Å². The zero-order valence-electron chi connectivity index (χ0n) is 10.9. The third-order valence-corrected chi connectivity index (χ3v) is 4.90. The van der Waals surface area contributed by atoms with Gasteiger partial charge in [0.2, 0.25) is 0 Å². The maximum atomic E-state index is 4.86. The van der Waals surface area contributed by atoms with Crippen LogP contribution in [-0.4, -0.2) is 22.9 Å². The molecule has 2 N–H and O–H groups in total. The fraction of sp³-hybridized carbons (Fsp3) is 0.786. The molecular weight excluding hydrogens is 224 g/mol. The normalized spacial score (nSPS) is 27.2. The van der Waals surface area contributed by atoms with Gasteiger partial charge in [0.15, 0.2) is 5.82 Å². The molecule has 3 aliphatic rings. The summed E-state index contributed by atoms with van der Waals surface area (Å²) in [6.45, 7) is 2.21. The summed E-state index contributed by atoms with van der Waals surface area (Å²) in [5.41, 5.74) is 1.43. The minimum absolute atomic E-state index is 0.649. The highest BCUT2D eigenvalue weighted by atomic mass is 15.4. The Morgan fingerprint density at radius 1 is 1.00 bits per heavy atom. The summed E-state index contributed by atoms with van der Waals surface area (Å²) in [5.74, 6) is 3.33. The molecule has 1 atom stereocenters. The summed E-state index contributed by atoms with van der Waals surface area (Å²) in [6.07, 6.45) is 9.32. The molecule has 1 fully saturated rings. The van der Waals surface area contributed by atoms with E-state index in [-0.39, 0.29) is 0 Å². The SMILES string of the molecule is C1CNc2nn3c(c2C1)NCCC3C1CCCC1. The van der Waals surface area contributed by atoms with Crippen molar-refractivity contribution in [2.45, 2.75) is 51.0 Å². The van der Waals surface area contributed by atoms with Gasteiger partial charge in [-0.1, -0.05) is 12.8 Å². The Morgan fingerprint density at radius 3 is 2.78 bits per heavy atom. The van der Waals surface area contributed by atoms with Gasteiger partial charge in [0.25, 0.3) is 0 Å². The van der Waals surface area contributed by atoms with Crippen LogP contribution in [0, 0.1) is 5.92 Å². The largest absolute Gasteiger partial charge is 0.370 e. The van der Waals surface area contributed by atoms with E-state index in [9.17, 15) is 0 Å². The molecule has 4 rings (SSSR count). The van der Waals surface area contributed by atoms with Crippen molar-refractivity contribution in [1.29, 1.82) is 0 Å². The van der Waals surface area contributed by atoms with Crippen molar-refractivity contribution in [3.8, 4) is 0 Å². The Kier molecular flexibility index (Phi) is 2.49. The van der Waals surface area contributed by atoms with Crippen molar-refractivity contribution in [3.63, 3.8) is 0 Å². The summed E-state index contributed by atoms with van der Waals surface area (Å²) < 4.78 is 2.32. The first kappa shape index (κ1) is 10.7. The van der Waals surface area contributed by atoms with Crippen LogP contribution in [-0.2, 0) is 6.42 Å². The lowest BCUT2D eigenvalue weighted by molar-refractivity contribution is 0.290. The molecule has 4 nitrogen and oxygen atoms in total. The van der Waals surface area contributed by atoms with Crippen LogP contribution in [0.4, 0.5) is 11.6 Å². The van der Waals surface area contributed by atoms with Crippen LogP contribution < -0.4 is 10.6 Å². The van der Waals surface area contributed by atoms with Crippen molar-refractivity contribution in [2.75, 3.05) is 23.7 Å². The number of hydrogen-bond acceptors (Lipinski definition) is 3. The zero-order chi connectivity index (χ0) is 11.9. The Labute approximate surface area is 108 Å². The maximum Gasteiger partial charge on any atom is 0.153 e. The Morgan fingerprint density at radius 2 is 1.89 bits per heavy atom. The average molecular weight is 246 g/mol. The predicted octanol–water partition coefficient (Wildman–Crippen LogP) is 2.79. The van der Waals surface area contributed by atoms with E-state index in [0.717, 1.165) is 24.8 Å². The molecule has 18 heavy (non-hydrogen) atoms. The van der Waals surface area contributed by atoms with E-state index in [1.165, 1.54) is 56.3 Å². The molecule has 4 heteroatoms. The molecule has 0 radical (unpaired) electrons. The van der Waals surface area contributed by atoms with E-state index in [1.807, 2.05) is 0 Å². The number of hydrogen-bond donors (Lipinski definition) is 2. The predicted molar refractivity (Wildman–Crippen MR) is 73.1 cm³/mol. The van der Waals surface area contributed by atoms with Gasteiger partial charge in [-0.15, -0.1) is 0 Å². The van der Waals surface area contributed by atoms with E-state index in [2.05, 4.69) is 15.3 Å². The Balaban J connectivity index is 1.72. The van der Waals surface area contributed by atoms with Crippen LogP contribution in [0.5, 0.6) is 0 Å². The number of nitrogens with one attached hydrogen (secondary N) is 2. The highest BCUT2D eigenvalue weighted by molar-refractivity contribution is 5.61. The first-order chi connectivity index (χ1) is 8.93. The smallest absolute Gasteiger partial charge is 0.153 e. The third kappa shape index (κ3) is 1.54. The van der Waals surface area contributed by atoms with Crippen LogP contribution in [0.15, 0.2) is 0 Å². The van der Waals surface area contributed by atoms with Gasteiger partial charge in [-0.3, -0.25) is 0 Å². The molecular formula is C14H22N4. The number of nitrogens with zero attached hydrogens (tertiary/aromatic N) is 2. The molecule has 0 amide bonds. The molecule has 0 saturated heterocycles. The van der Waals surface area contributed by atoms with E-state index in [0.29, 0.717) is 6.04 Å². The van der Waals surface area contributed by atoms with Gasteiger partial charge in [0.05, 0.1) is 6.04 Å². The summed E-state index contributed by atoms with van der Waals surface area (Å²) in [6, 6.07) is 0.649. The lowest BCUT2D eigenvalue weighted by Crippen LogP contribution is -2.28. The second kappa shape index (κ2) is 4.18. The van der Waals surface area contributed by atoms with E-state index >= 15 is 0 Å². The molecule has 3 heterocycles. The van der Waals surface area contributed by atoms with E-state index < -0.39 is 0 Å². The summed E-state index contributed by atoms with van der Waals surface area (Å²) in [7, 11) is 0. The van der Waals surface area contributed by atoms with Gasteiger partial charge in [0, 0.05) is 18.7 Å². The zero-order valence-corrected chi connectivity index (χ0v) is 10.9. The molecule has 1 saturated carbocycles. The molecule has 0 bridgehead atoms. The van der Waals surface area contributed by atoms with E-state index in [4.69, 9.17) is 5.10 Å². The topological polar surface area (TPSA) is 41.9 Å². The van der Waals surface area contributed by atoms with Crippen molar-refractivity contribution in [3.05, 3.63) is 5.56 Å².